The molecule has 0 aliphatic heterocycles. The zero-order valence-corrected chi connectivity index (χ0v) is 4.72. The van der Waals surface area contributed by atoms with E-state index in [0.717, 1.165) is 12.8 Å². The maximum atomic E-state index is 8.43. The van der Waals surface area contributed by atoms with E-state index in [1.165, 1.54) is 0 Å². The number of rotatable bonds is 2. The zero-order valence-electron chi connectivity index (χ0n) is 4.72. The van der Waals surface area contributed by atoms with Crippen molar-refractivity contribution in [2.45, 2.75) is 19.3 Å². The van der Waals surface area contributed by atoms with Crippen LogP contribution in [0.25, 0.3) is 0 Å². The van der Waals surface area contributed by atoms with Crippen LogP contribution in [-0.2, 0) is 0 Å². The molecular weight excluding hydrogens is 102 g/mol. The quantitative estimate of drug-likeness (QED) is 0.569. The molecule has 0 aromatic rings. The topological polar surface area (TPSA) is 44.0 Å². The Morgan fingerprint density at radius 2 is 2.25 bits per heavy atom. The van der Waals surface area contributed by atoms with Gasteiger partial charge in [-0.05, 0) is 19.3 Å². The minimum Gasteiger partial charge on any atom is -0.396 e. The summed E-state index contributed by atoms with van der Waals surface area (Å²) in [4.78, 5) is 0. The molecule has 1 aliphatic carbocycles. The third-order valence-electron chi connectivity index (χ3n) is 1.68. The highest BCUT2D eigenvalue weighted by molar-refractivity contribution is 5.09. The maximum Gasteiger partial charge on any atom is 0.0690 e. The molecule has 1 N–H and O–H groups in total. The van der Waals surface area contributed by atoms with Crippen molar-refractivity contribution in [3.8, 4) is 6.07 Å². The van der Waals surface area contributed by atoms with Crippen molar-refractivity contribution in [1.29, 1.82) is 5.26 Å². The predicted molar refractivity (Wildman–Crippen MR) is 29.0 cm³/mol. The van der Waals surface area contributed by atoms with Gasteiger partial charge in [0.2, 0.25) is 0 Å². The average Bonchev–Trinajstić information content (AvgIpc) is 2.50. The lowest BCUT2D eigenvalue weighted by Crippen LogP contribution is -1.98. The van der Waals surface area contributed by atoms with Crippen molar-refractivity contribution in [3.05, 3.63) is 0 Å². The second-order valence-corrected chi connectivity index (χ2v) is 2.37. The first-order valence-corrected chi connectivity index (χ1v) is 2.85. The van der Waals surface area contributed by atoms with Crippen molar-refractivity contribution in [2.24, 2.45) is 5.41 Å². The minimum atomic E-state index is -0.102. The Morgan fingerprint density at radius 1 is 1.62 bits per heavy atom. The van der Waals surface area contributed by atoms with Crippen LogP contribution in [0.4, 0.5) is 0 Å². The van der Waals surface area contributed by atoms with Crippen molar-refractivity contribution in [3.63, 3.8) is 0 Å². The van der Waals surface area contributed by atoms with Crippen LogP contribution in [0.1, 0.15) is 19.3 Å². The molecule has 2 nitrogen and oxygen atoms in total. The van der Waals surface area contributed by atoms with Gasteiger partial charge in [-0.2, -0.15) is 5.26 Å². The second-order valence-electron chi connectivity index (χ2n) is 2.37. The lowest BCUT2D eigenvalue weighted by molar-refractivity contribution is 0.267. The largest absolute Gasteiger partial charge is 0.396 e. The van der Waals surface area contributed by atoms with Gasteiger partial charge in [-0.1, -0.05) is 0 Å². The van der Waals surface area contributed by atoms with Gasteiger partial charge in [-0.3, -0.25) is 0 Å². The summed E-state index contributed by atoms with van der Waals surface area (Å²) >= 11 is 0. The van der Waals surface area contributed by atoms with Gasteiger partial charge in [0, 0.05) is 6.61 Å². The van der Waals surface area contributed by atoms with Gasteiger partial charge in [0.25, 0.3) is 0 Å². The number of hydrogen-bond donors (Lipinski definition) is 1. The highest BCUT2D eigenvalue weighted by Crippen LogP contribution is 2.47. The molecule has 0 saturated heterocycles. The lowest BCUT2D eigenvalue weighted by Gasteiger charge is -1.97. The molecule has 0 aromatic carbocycles. The van der Waals surface area contributed by atoms with Crippen molar-refractivity contribution in [2.75, 3.05) is 6.61 Å². The molecule has 0 unspecified atom stereocenters. The molecular formula is C6H9NO. The fraction of sp³-hybridized carbons (Fsp3) is 0.833. The van der Waals surface area contributed by atoms with E-state index in [4.69, 9.17) is 10.4 Å². The molecule has 1 rings (SSSR count). The Kier molecular flexibility index (Phi) is 1.22. The number of aliphatic hydroxyl groups excluding tert-OH is 1. The normalized spacial score (nSPS) is 22.0. The molecule has 0 bridgehead atoms. The Bertz CT molecular complexity index is 121. The van der Waals surface area contributed by atoms with Gasteiger partial charge in [-0.25, -0.2) is 0 Å². The lowest BCUT2D eigenvalue weighted by atomic mass is 10.1. The van der Waals surface area contributed by atoms with E-state index < -0.39 is 0 Å². The third kappa shape index (κ3) is 0.823. The maximum absolute atomic E-state index is 8.43. The van der Waals surface area contributed by atoms with E-state index in [1.54, 1.807) is 0 Å². The molecule has 0 heterocycles. The molecule has 0 amide bonds. The Balaban J connectivity index is 2.33. The Hall–Kier alpha value is -0.550. The number of nitrogens with zero attached hydrogens (tertiary/aromatic N) is 1. The molecule has 1 fully saturated rings. The second kappa shape index (κ2) is 1.75. The van der Waals surface area contributed by atoms with E-state index in [2.05, 4.69) is 6.07 Å². The zero-order chi connectivity index (χ0) is 6.04. The van der Waals surface area contributed by atoms with Crippen molar-refractivity contribution < 1.29 is 5.11 Å². The van der Waals surface area contributed by atoms with E-state index in [0.29, 0.717) is 6.42 Å². The van der Waals surface area contributed by atoms with Crippen molar-refractivity contribution >= 4 is 0 Å². The monoisotopic (exact) mass is 111 g/mol. The number of hydrogen-bond acceptors (Lipinski definition) is 2. The van der Waals surface area contributed by atoms with Crippen LogP contribution in [0.3, 0.4) is 0 Å². The molecule has 8 heavy (non-hydrogen) atoms. The first-order chi connectivity index (χ1) is 3.83. The van der Waals surface area contributed by atoms with Crippen LogP contribution in [0, 0.1) is 16.7 Å². The predicted octanol–water partition coefficient (Wildman–Crippen LogP) is 0.673. The average molecular weight is 111 g/mol. The fourth-order valence-corrected chi connectivity index (χ4v) is 0.783. The van der Waals surface area contributed by atoms with E-state index in [-0.39, 0.29) is 12.0 Å². The summed E-state index contributed by atoms with van der Waals surface area (Å²) in [5.74, 6) is 0. The highest BCUT2D eigenvalue weighted by Gasteiger charge is 2.42. The molecule has 0 atom stereocenters. The van der Waals surface area contributed by atoms with Gasteiger partial charge in [-0.15, -0.1) is 0 Å². The van der Waals surface area contributed by atoms with Crippen LogP contribution in [-0.4, -0.2) is 11.7 Å². The SMILES string of the molecule is N#CC1(CCO)CC1. The summed E-state index contributed by atoms with van der Waals surface area (Å²) in [5, 5.41) is 16.8. The number of nitriles is 1. The molecule has 0 aromatic heterocycles. The summed E-state index contributed by atoms with van der Waals surface area (Å²) < 4.78 is 0. The summed E-state index contributed by atoms with van der Waals surface area (Å²) in [7, 11) is 0. The fourth-order valence-electron chi connectivity index (χ4n) is 0.783. The smallest absolute Gasteiger partial charge is 0.0690 e. The summed E-state index contributed by atoms with van der Waals surface area (Å²) in [6.07, 6.45) is 2.65. The van der Waals surface area contributed by atoms with Crippen LogP contribution >= 0.6 is 0 Å². The van der Waals surface area contributed by atoms with Crippen LogP contribution in [0.5, 0.6) is 0 Å². The van der Waals surface area contributed by atoms with Crippen LogP contribution in [0.15, 0.2) is 0 Å². The van der Waals surface area contributed by atoms with Crippen LogP contribution in [0.2, 0.25) is 0 Å². The molecule has 44 valence electrons. The summed E-state index contributed by atoms with van der Waals surface area (Å²) in [6.45, 7) is 0.160. The summed E-state index contributed by atoms with van der Waals surface area (Å²) in [5.41, 5.74) is -0.102. The first kappa shape index (κ1) is 5.58. The van der Waals surface area contributed by atoms with Gasteiger partial charge in [0.05, 0.1) is 11.5 Å². The highest BCUT2D eigenvalue weighted by atomic mass is 16.3. The molecule has 1 saturated carbocycles. The third-order valence-corrected chi connectivity index (χ3v) is 1.68. The standard InChI is InChI=1S/C6H9NO/c7-5-6(1-2-6)3-4-8/h8H,1-4H2. The van der Waals surface area contributed by atoms with E-state index in [9.17, 15) is 0 Å². The van der Waals surface area contributed by atoms with E-state index in [1.807, 2.05) is 0 Å². The summed E-state index contributed by atoms with van der Waals surface area (Å²) in [6, 6.07) is 2.19. The van der Waals surface area contributed by atoms with Gasteiger partial charge in [0.1, 0.15) is 0 Å². The van der Waals surface area contributed by atoms with E-state index >= 15 is 0 Å². The molecule has 2 heteroatoms. The first-order valence-electron chi connectivity index (χ1n) is 2.85. The minimum absolute atomic E-state index is 0.102. The Labute approximate surface area is 48.7 Å². The van der Waals surface area contributed by atoms with Gasteiger partial charge < -0.3 is 5.11 Å². The molecule has 0 radical (unpaired) electrons. The number of aliphatic hydroxyl groups is 1. The molecule has 1 aliphatic rings. The van der Waals surface area contributed by atoms with Crippen molar-refractivity contribution in [1.82, 2.24) is 0 Å². The van der Waals surface area contributed by atoms with Crippen LogP contribution < -0.4 is 0 Å². The van der Waals surface area contributed by atoms with Gasteiger partial charge >= 0.3 is 0 Å². The molecule has 0 spiro atoms. The van der Waals surface area contributed by atoms with Gasteiger partial charge in [0.15, 0.2) is 0 Å². The Morgan fingerprint density at radius 3 is 2.38 bits per heavy atom.